The number of nitrogens with two attached hydrogens (primary N) is 3. The van der Waals surface area contributed by atoms with Crippen molar-refractivity contribution < 1.29 is 73.2 Å². The molecular formula is C38H58N10O15S. The Bertz CT molecular complexity index is 1850. The van der Waals surface area contributed by atoms with Gasteiger partial charge in [-0.25, -0.2) is 4.79 Å². The van der Waals surface area contributed by atoms with E-state index in [0.717, 1.165) is 19.4 Å². The molecule has 0 unspecified atom stereocenters. The lowest BCUT2D eigenvalue weighted by atomic mass is 10.0. The van der Waals surface area contributed by atoms with Crippen LogP contribution in [0.4, 0.5) is 0 Å². The summed E-state index contributed by atoms with van der Waals surface area (Å²) in [6, 6.07) is -4.78. The number of primary amides is 2. The van der Waals surface area contributed by atoms with Gasteiger partial charge in [0.15, 0.2) is 0 Å². The first kappa shape index (κ1) is 55.6. The molecular weight excluding hydrogens is 869 g/mol. The van der Waals surface area contributed by atoms with Gasteiger partial charge in [0.1, 0.15) is 42.3 Å². The molecule has 1 aromatic carbocycles. The minimum absolute atomic E-state index is 0.117. The number of thiol groups is 1. The fraction of sp³-hybridized carbons (Fsp3) is 0.553. The number of aliphatic carboxylic acids is 2. The van der Waals surface area contributed by atoms with E-state index >= 15 is 0 Å². The van der Waals surface area contributed by atoms with Crippen molar-refractivity contribution in [1.29, 1.82) is 0 Å². The Kier molecular flexibility index (Phi) is 23.4. The molecule has 1 rings (SSSR count). The number of carbonyl (C=O) groups is 11. The third kappa shape index (κ3) is 19.3. The Morgan fingerprint density at radius 2 is 0.984 bits per heavy atom. The number of amides is 9. The van der Waals surface area contributed by atoms with Crippen molar-refractivity contribution in [3.05, 3.63) is 35.9 Å². The highest BCUT2D eigenvalue weighted by atomic mass is 32.1. The van der Waals surface area contributed by atoms with Gasteiger partial charge in [0.05, 0.1) is 31.1 Å². The van der Waals surface area contributed by atoms with Crippen LogP contribution in [0.15, 0.2) is 30.3 Å². The summed E-state index contributed by atoms with van der Waals surface area (Å²) < 4.78 is 0. The average molecular weight is 927 g/mol. The zero-order chi connectivity index (χ0) is 49.0. The molecule has 0 spiro atoms. The van der Waals surface area contributed by atoms with E-state index in [1.165, 1.54) is 0 Å². The van der Waals surface area contributed by atoms with Crippen LogP contribution in [0.1, 0.15) is 58.9 Å². The number of nitrogens with one attached hydrogen (secondary N) is 7. The molecule has 0 radical (unpaired) electrons. The van der Waals surface area contributed by atoms with Crippen LogP contribution in [0.2, 0.25) is 0 Å². The van der Waals surface area contributed by atoms with Crippen LogP contribution in [0.25, 0.3) is 0 Å². The molecule has 9 amide bonds. The molecule has 356 valence electrons. The maximum absolute atomic E-state index is 13.6. The highest BCUT2D eigenvalue weighted by Crippen LogP contribution is 2.09. The van der Waals surface area contributed by atoms with E-state index in [4.69, 9.17) is 17.2 Å². The molecule has 0 bridgehead atoms. The Morgan fingerprint density at radius 3 is 1.45 bits per heavy atom. The first-order valence-corrected chi connectivity index (χ1v) is 20.3. The average Bonchev–Trinajstić information content (AvgIpc) is 3.19. The number of aliphatic hydroxyl groups excluding tert-OH is 2. The number of hydrogen-bond acceptors (Lipinski definition) is 15. The molecule has 0 aromatic heterocycles. The van der Waals surface area contributed by atoms with Crippen LogP contribution < -0.4 is 54.4 Å². The van der Waals surface area contributed by atoms with Crippen molar-refractivity contribution in [1.82, 2.24) is 37.2 Å². The van der Waals surface area contributed by atoms with Crippen molar-refractivity contribution in [2.24, 2.45) is 23.1 Å². The van der Waals surface area contributed by atoms with E-state index < -0.39 is 157 Å². The van der Waals surface area contributed by atoms with Crippen molar-refractivity contribution in [2.45, 2.75) is 120 Å². The predicted molar refractivity (Wildman–Crippen MR) is 226 cm³/mol. The van der Waals surface area contributed by atoms with Crippen molar-refractivity contribution in [3.63, 3.8) is 0 Å². The van der Waals surface area contributed by atoms with E-state index in [9.17, 15) is 73.2 Å². The van der Waals surface area contributed by atoms with Gasteiger partial charge in [0, 0.05) is 12.2 Å². The van der Waals surface area contributed by atoms with Crippen LogP contribution in [0, 0.1) is 5.92 Å². The van der Waals surface area contributed by atoms with Gasteiger partial charge in [-0.3, -0.25) is 47.9 Å². The topological polar surface area (TPSA) is 431 Å². The van der Waals surface area contributed by atoms with Crippen LogP contribution in [-0.2, 0) is 59.2 Å². The second kappa shape index (κ2) is 26.9. The van der Waals surface area contributed by atoms with E-state index in [0.29, 0.717) is 0 Å². The van der Waals surface area contributed by atoms with Gasteiger partial charge in [-0.1, -0.05) is 44.2 Å². The maximum atomic E-state index is 13.6. The second-order valence-corrected chi connectivity index (χ2v) is 15.4. The summed E-state index contributed by atoms with van der Waals surface area (Å²) >= 11 is 3.82. The smallest absolute Gasteiger partial charge is 0.327 e. The number of carboxylic acids is 2. The minimum atomic E-state index is -2.08. The van der Waals surface area contributed by atoms with Gasteiger partial charge in [-0.15, -0.1) is 0 Å². The van der Waals surface area contributed by atoms with E-state index in [1.807, 2.05) is 10.6 Å². The fourth-order valence-corrected chi connectivity index (χ4v) is 5.91. The molecule has 0 aliphatic rings. The molecule has 26 heteroatoms. The summed E-state index contributed by atoms with van der Waals surface area (Å²) in [5.74, 6) is -14.4. The number of hydrogen-bond donors (Lipinski definition) is 15. The Morgan fingerprint density at radius 1 is 0.562 bits per heavy atom. The molecule has 1 aromatic rings. The number of rotatable bonds is 28. The number of carbonyl (C=O) groups excluding carboxylic acids is 9. The largest absolute Gasteiger partial charge is 0.481 e. The summed E-state index contributed by atoms with van der Waals surface area (Å²) in [5, 5.41) is 54.6. The highest BCUT2D eigenvalue weighted by Gasteiger charge is 2.37. The zero-order valence-corrected chi connectivity index (χ0v) is 36.3. The first-order valence-electron chi connectivity index (χ1n) is 19.7. The molecule has 0 aliphatic heterocycles. The molecule has 10 atom stereocenters. The zero-order valence-electron chi connectivity index (χ0n) is 35.4. The highest BCUT2D eigenvalue weighted by molar-refractivity contribution is 7.80. The van der Waals surface area contributed by atoms with Crippen LogP contribution in [0.5, 0.6) is 0 Å². The van der Waals surface area contributed by atoms with Crippen LogP contribution in [0.3, 0.4) is 0 Å². The Hall–Kier alpha value is -6.38. The lowest BCUT2D eigenvalue weighted by molar-refractivity contribution is -0.142. The monoisotopic (exact) mass is 926 g/mol. The standard InChI is InChI=1S/C38H58N10O15S/c1-16(2)28(46-31(55)20(39)12-19-8-6-5-7-9-19)35(59)44-22(13-26(41)52)33(57)42-21(10-11-25(40)51)32(56)43-23(14-27(53)54)34(58)47-30(18(4)50)37(61)48-29(17(3)49)36(60)45-24(15-64)38(62)63/h5-9,16-18,20-24,28-30,49-50,64H,10-15,39H2,1-4H3,(H2,40,51)(H2,41,52)(H,42,57)(H,43,56)(H,44,59)(H,45,60)(H,46,55)(H,47,58)(H,48,61)(H,53,54)(H,62,63)/t17-,18-,20+,21+,22+,23+,24+,28+,29+,30+/m1/s1. The predicted octanol–water partition coefficient (Wildman–Crippen LogP) is -6.00. The fourth-order valence-electron chi connectivity index (χ4n) is 5.67. The molecule has 17 N–H and O–H groups in total. The first-order chi connectivity index (χ1) is 29.8. The van der Waals surface area contributed by atoms with Crippen molar-refractivity contribution >= 4 is 77.7 Å². The van der Waals surface area contributed by atoms with Gasteiger partial charge in [-0.2, -0.15) is 12.6 Å². The van der Waals surface area contributed by atoms with Crippen molar-refractivity contribution in [3.8, 4) is 0 Å². The van der Waals surface area contributed by atoms with Gasteiger partial charge >= 0.3 is 11.9 Å². The normalized spacial score (nSPS) is 15.7. The molecule has 0 aliphatic carbocycles. The molecule has 25 nitrogen and oxygen atoms in total. The van der Waals surface area contributed by atoms with Crippen LogP contribution >= 0.6 is 12.6 Å². The summed E-state index contributed by atoms with van der Waals surface area (Å²) in [6.45, 7) is 5.19. The summed E-state index contributed by atoms with van der Waals surface area (Å²) in [4.78, 5) is 140. The van der Waals surface area contributed by atoms with E-state index in [1.54, 1.807) is 44.2 Å². The second-order valence-electron chi connectivity index (χ2n) is 15.0. The van der Waals surface area contributed by atoms with Gasteiger partial charge in [0.2, 0.25) is 53.2 Å². The summed E-state index contributed by atoms with van der Waals surface area (Å²) in [6.07, 6.45) is -6.56. The van der Waals surface area contributed by atoms with E-state index in [-0.39, 0.29) is 12.2 Å². The van der Waals surface area contributed by atoms with E-state index in [2.05, 4.69) is 39.2 Å². The lowest BCUT2D eigenvalue weighted by Gasteiger charge is -2.29. The van der Waals surface area contributed by atoms with Crippen molar-refractivity contribution in [2.75, 3.05) is 5.75 Å². The van der Waals surface area contributed by atoms with Gasteiger partial charge < -0.3 is 74.8 Å². The number of benzene rings is 1. The summed E-state index contributed by atoms with van der Waals surface area (Å²) in [5.41, 5.74) is 17.4. The molecule has 0 saturated carbocycles. The third-order valence-corrected chi connectivity index (χ3v) is 9.53. The molecule has 0 fully saturated rings. The lowest BCUT2D eigenvalue weighted by Crippen LogP contribution is -2.63. The quantitative estimate of drug-likeness (QED) is 0.0348. The number of carboxylic acid groups (broad SMARTS) is 2. The Labute approximate surface area is 372 Å². The third-order valence-electron chi connectivity index (χ3n) is 9.17. The molecule has 0 saturated heterocycles. The summed E-state index contributed by atoms with van der Waals surface area (Å²) in [7, 11) is 0. The van der Waals surface area contributed by atoms with Gasteiger partial charge in [-0.05, 0) is 38.2 Å². The number of aliphatic hydroxyl groups is 2. The Balaban J connectivity index is 3.34. The van der Waals surface area contributed by atoms with Crippen LogP contribution in [-0.4, -0.2) is 152 Å². The maximum Gasteiger partial charge on any atom is 0.327 e. The SMILES string of the molecule is CC(C)[C@H](NC(=O)[C@@H](N)Cc1ccccc1)C(=O)N[C@@H](CC(N)=O)C(=O)N[C@@H](CCC(N)=O)C(=O)N[C@@H](CC(=O)O)C(=O)N[C@H](C(=O)N[C@H](C(=O)N[C@@H](CS)C(=O)O)[C@@H](C)O)[C@@H](C)O. The minimum Gasteiger partial charge on any atom is -0.481 e. The van der Waals surface area contributed by atoms with Gasteiger partial charge in [0.25, 0.3) is 0 Å². The molecule has 64 heavy (non-hydrogen) atoms. The molecule has 0 heterocycles.